The van der Waals surface area contributed by atoms with Crippen molar-refractivity contribution in [2.45, 2.75) is 38.8 Å². The van der Waals surface area contributed by atoms with Gasteiger partial charge in [-0.05, 0) is 50.3 Å². The third-order valence-electron chi connectivity index (χ3n) is 4.58. The van der Waals surface area contributed by atoms with Crippen LogP contribution in [0.3, 0.4) is 0 Å². The van der Waals surface area contributed by atoms with E-state index in [1.807, 2.05) is 19.9 Å². The summed E-state index contributed by atoms with van der Waals surface area (Å²) in [6.45, 7) is 3.74. The monoisotopic (exact) mass is 341 g/mol. The number of aromatic nitrogens is 2. The zero-order valence-corrected chi connectivity index (χ0v) is 14.7. The molecule has 3 rings (SSSR count). The molecule has 6 heteroatoms. The molecule has 1 aliphatic rings. The first-order valence-corrected chi connectivity index (χ1v) is 8.40. The fraction of sp³-hybridized carbons (Fsp3) is 0.421. The van der Waals surface area contributed by atoms with Gasteiger partial charge >= 0.3 is 0 Å². The van der Waals surface area contributed by atoms with Crippen molar-refractivity contribution in [2.75, 3.05) is 7.11 Å². The highest BCUT2D eigenvalue weighted by Gasteiger charge is 2.36. The zero-order chi connectivity index (χ0) is 18.0. The summed E-state index contributed by atoms with van der Waals surface area (Å²) in [5.74, 6) is 0.580. The second-order valence-corrected chi connectivity index (χ2v) is 6.61. The molecule has 1 fully saturated rings. The first-order chi connectivity index (χ1) is 12.0. The van der Waals surface area contributed by atoms with E-state index in [-0.39, 0.29) is 24.0 Å². The number of aliphatic hydroxyl groups excluding tert-OH is 1. The lowest BCUT2D eigenvalue weighted by Gasteiger charge is -2.38. The van der Waals surface area contributed by atoms with Gasteiger partial charge in [-0.2, -0.15) is 0 Å². The van der Waals surface area contributed by atoms with E-state index in [0.717, 1.165) is 17.0 Å². The van der Waals surface area contributed by atoms with Gasteiger partial charge in [0.05, 0.1) is 19.3 Å². The molecule has 0 unspecified atom stereocenters. The number of carbonyl (C=O) groups excluding carboxylic acids is 1. The first-order valence-electron chi connectivity index (χ1n) is 8.40. The quantitative estimate of drug-likeness (QED) is 0.872. The molecule has 1 atom stereocenters. The molecule has 0 aromatic carbocycles. The lowest BCUT2D eigenvalue weighted by Crippen LogP contribution is -2.41. The highest BCUT2D eigenvalue weighted by atomic mass is 16.5. The fourth-order valence-electron chi connectivity index (χ4n) is 3.26. The number of nitrogens with zero attached hydrogens (tertiary/aromatic N) is 2. The van der Waals surface area contributed by atoms with Gasteiger partial charge in [-0.15, -0.1) is 0 Å². The van der Waals surface area contributed by atoms with E-state index < -0.39 is 0 Å². The van der Waals surface area contributed by atoms with Crippen LogP contribution < -0.4 is 10.1 Å². The second-order valence-electron chi connectivity index (χ2n) is 6.61. The van der Waals surface area contributed by atoms with Crippen LogP contribution in [0.25, 0.3) is 0 Å². The number of ether oxygens (including phenoxy) is 1. The number of rotatable bonds is 5. The number of aryl methyl sites for hydroxylation is 2. The SMILES string of the molecule is COc1ccc([C@H](NC(=O)c2cc(C)nc(C)c2)C2CC(O)C2)cn1. The molecule has 1 aliphatic carbocycles. The lowest BCUT2D eigenvalue weighted by molar-refractivity contribution is 0.0234. The zero-order valence-electron chi connectivity index (χ0n) is 14.7. The molecule has 132 valence electrons. The summed E-state index contributed by atoms with van der Waals surface area (Å²) in [5, 5.41) is 12.8. The number of hydrogen-bond acceptors (Lipinski definition) is 5. The molecule has 0 spiro atoms. The summed E-state index contributed by atoms with van der Waals surface area (Å²) in [6.07, 6.45) is 2.77. The first kappa shape index (κ1) is 17.4. The van der Waals surface area contributed by atoms with Gasteiger partial charge in [0.25, 0.3) is 5.91 Å². The maximum atomic E-state index is 12.7. The topological polar surface area (TPSA) is 84.3 Å². The van der Waals surface area contributed by atoms with Gasteiger partial charge in [0.1, 0.15) is 0 Å². The number of nitrogens with one attached hydrogen (secondary N) is 1. The molecule has 2 aromatic heterocycles. The standard InChI is InChI=1S/C19H23N3O3/c1-11-6-15(7-12(2)21-11)19(24)22-18(14-8-16(23)9-14)13-4-5-17(25-3)20-10-13/h4-7,10,14,16,18,23H,8-9H2,1-3H3,(H,22,24)/t14?,16?,18-/m0/s1. The van der Waals surface area contributed by atoms with Crippen LogP contribution in [-0.2, 0) is 0 Å². The van der Waals surface area contributed by atoms with Gasteiger partial charge in [-0.1, -0.05) is 6.07 Å². The van der Waals surface area contributed by atoms with Gasteiger partial charge in [0, 0.05) is 29.2 Å². The van der Waals surface area contributed by atoms with Crippen LogP contribution in [0.15, 0.2) is 30.5 Å². The molecule has 2 heterocycles. The number of hydrogen-bond donors (Lipinski definition) is 2. The molecule has 1 saturated carbocycles. The Morgan fingerprint density at radius 3 is 2.48 bits per heavy atom. The maximum Gasteiger partial charge on any atom is 0.251 e. The predicted molar refractivity (Wildman–Crippen MR) is 93.4 cm³/mol. The van der Waals surface area contributed by atoms with E-state index in [2.05, 4.69) is 15.3 Å². The molecule has 1 amide bonds. The summed E-state index contributed by atoms with van der Waals surface area (Å²) in [5.41, 5.74) is 3.13. The molecule has 0 bridgehead atoms. The molecular weight excluding hydrogens is 318 g/mol. The third kappa shape index (κ3) is 3.96. The van der Waals surface area contributed by atoms with Gasteiger partial charge < -0.3 is 15.2 Å². The molecular formula is C19H23N3O3. The van der Waals surface area contributed by atoms with Crippen LogP contribution in [0.1, 0.15) is 46.2 Å². The van der Waals surface area contributed by atoms with Crippen molar-refractivity contribution in [2.24, 2.45) is 5.92 Å². The minimum Gasteiger partial charge on any atom is -0.481 e. The average Bonchev–Trinajstić information content (AvgIpc) is 2.56. The lowest BCUT2D eigenvalue weighted by atomic mass is 9.75. The molecule has 6 nitrogen and oxygen atoms in total. The summed E-state index contributed by atoms with van der Waals surface area (Å²) >= 11 is 0. The van der Waals surface area contributed by atoms with Crippen molar-refractivity contribution in [3.05, 3.63) is 53.0 Å². The molecule has 25 heavy (non-hydrogen) atoms. The minimum atomic E-state index is -0.291. The summed E-state index contributed by atoms with van der Waals surface area (Å²) < 4.78 is 5.10. The van der Waals surface area contributed by atoms with Gasteiger partial charge in [-0.3, -0.25) is 9.78 Å². The largest absolute Gasteiger partial charge is 0.481 e. The highest BCUT2D eigenvalue weighted by molar-refractivity contribution is 5.94. The van der Waals surface area contributed by atoms with Gasteiger partial charge in [0.2, 0.25) is 5.88 Å². The molecule has 0 saturated heterocycles. The Kier molecular flexibility index (Phi) is 4.99. The van der Waals surface area contributed by atoms with Crippen LogP contribution >= 0.6 is 0 Å². The van der Waals surface area contributed by atoms with E-state index in [1.54, 1.807) is 31.5 Å². The predicted octanol–water partition coefficient (Wildman–Crippen LogP) is 2.34. The van der Waals surface area contributed by atoms with Crippen molar-refractivity contribution in [1.29, 1.82) is 0 Å². The maximum absolute atomic E-state index is 12.7. The minimum absolute atomic E-state index is 0.143. The van der Waals surface area contributed by atoms with Crippen LogP contribution in [0, 0.1) is 19.8 Å². The number of carbonyl (C=O) groups is 1. The van der Waals surface area contributed by atoms with E-state index in [4.69, 9.17) is 4.74 Å². The van der Waals surface area contributed by atoms with Gasteiger partial charge in [0.15, 0.2) is 0 Å². The van der Waals surface area contributed by atoms with Crippen molar-refractivity contribution in [3.8, 4) is 5.88 Å². The Labute approximate surface area is 147 Å². The Morgan fingerprint density at radius 2 is 1.96 bits per heavy atom. The average molecular weight is 341 g/mol. The third-order valence-corrected chi connectivity index (χ3v) is 4.58. The van der Waals surface area contributed by atoms with Crippen molar-refractivity contribution in [3.63, 3.8) is 0 Å². The van der Waals surface area contributed by atoms with Crippen molar-refractivity contribution >= 4 is 5.91 Å². The second kappa shape index (κ2) is 7.19. The smallest absolute Gasteiger partial charge is 0.251 e. The van der Waals surface area contributed by atoms with E-state index in [0.29, 0.717) is 24.3 Å². The number of methoxy groups -OCH3 is 1. The highest BCUT2D eigenvalue weighted by Crippen LogP contribution is 2.38. The number of aliphatic hydroxyl groups is 1. The van der Waals surface area contributed by atoms with Gasteiger partial charge in [-0.25, -0.2) is 4.98 Å². The normalized spacial score (nSPS) is 20.5. The van der Waals surface area contributed by atoms with Crippen molar-refractivity contribution in [1.82, 2.24) is 15.3 Å². The van der Waals surface area contributed by atoms with Crippen molar-refractivity contribution < 1.29 is 14.6 Å². The summed E-state index contributed by atoms with van der Waals surface area (Å²) in [6, 6.07) is 7.06. The summed E-state index contributed by atoms with van der Waals surface area (Å²) in [4.78, 5) is 21.3. The van der Waals surface area contributed by atoms with Crippen LogP contribution in [0.2, 0.25) is 0 Å². The summed E-state index contributed by atoms with van der Waals surface area (Å²) in [7, 11) is 1.57. The van der Waals surface area contributed by atoms with E-state index >= 15 is 0 Å². The molecule has 0 aliphatic heterocycles. The van der Waals surface area contributed by atoms with E-state index in [9.17, 15) is 9.90 Å². The Balaban J connectivity index is 1.82. The van der Waals surface area contributed by atoms with Crippen LogP contribution in [0.4, 0.5) is 0 Å². The fourth-order valence-corrected chi connectivity index (χ4v) is 3.26. The van der Waals surface area contributed by atoms with E-state index in [1.165, 1.54) is 0 Å². The number of amides is 1. The Morgan fingerprint density at radius 1 is 1.28 bits per heavy atom. The van der Waals surface area contributed by atoms with Crippen LogP contribution in [0.5, 0.6) is 5.88 Å². The molecule has 2 aromatic rings. The Bertz CT molecular complexity index is 735. The number of pyridine rings is 2. The van der Waals surface area contributed by atoms with Crippen LogP contribution in [-0.4, -0.2) is 34.2 Å². The Hall–Kier alpha value is -2.47. The molecule has 0 radical (unpaired) electrons. The molecule has 2 N–H and O–H groups in total.